The second-order valence-electron chi connectivity index (χ2n) is 14.7. The summed E-state index contributed by atoms with van der Waals surface area (Å²) in [6.07, 6.45) is 51.8. The van der Waals surface area contributed by atoms with Gasteiger partial charge in [-0.1, -0.05) is 203 Å². The van der Waals surface area contributed by atoms with E-state index in [-0.39, 0.29) is 0 Å². The minimum Gasteiger partial charge on any atom is -0.319 e. The van der Waals surface area contributed by atoms with Crippen LogP contribution in [-0.2, 0) is 6.54 Å². The third kappa shape index (κ3) is 28.0. The number of hydrogen-bond acceptors (Lipinski definition) is 0. The summed E-state index contributed by atoms with van der Waals surface area (Å²) in [6.45, 7) is 11.8. The van der Waals surface area contributed by atoms with Gasteiger partial charge in [0.05, 0.1) is 19.6 Å². The van der Waals surface area contributed by atoms with Crippen LogP contribution in [0.5, 0.6) is 0 Å². The molecule has 1 aromatic rings. The summed E-state index contributed by atoms with van der Waals surface area (Å²) in [7, 11) is 0. The number of benzene rings is 1. The minimum atomic E-state index is 1.16. The van der Waals surface area contributed by atoms with Crippen LogP contribution in [0.1, 0.15) is 200 Å². The van der Waals surface area contributed by atoms with Gasteiger partial charge >= 0.3 is 0 Å². The van der Waals surface area contributed by atoms with Gasteiger partial charge < -0.3 is 4.48 Å². The van der Waals surface area contributed by atoms with E-state index < -0.39 is 0 Å². The third-order valence-electron chi connectivity index (χ3n) is 10.1. The Bertz CT molecular complexity index is 755. The van der Waals surface area contributed by atoms with E-state index in [2.05, 4.69) is 87.6 Å². The molecule has 47 heavy (non-hydrogen) atoms. The van der Waals surface area contributed by atoms with Crippen molar-refractivity contribution in [3.63, 3.8) is 0 Å². The molecule has 0 aliphatic heterocycles. The molecule has 0 aliphatic rings. The van der Waals surface area contributed by atoms with Crippen molar-refractivity contribution in [3.8, 4) is 0 Å². The van der Waals surface area contributed by atoms with Crippen molar-refractivity contribution in [1.29, 1.82) is 0 Å². The summed E-state index contributed by atoms with van der Waals surface area (Å²) in [5, 5.41) is 0. The second kappa shape index (κ2) is 34.3. The van der Waals surface area contributed by atoms with Crippen LogP contribution in [0.4, 0.5) is 0 Å². The van der Waals surface area contributed by atoms with Crippen LogP contribution in [-0.4, -0.2) is 24.1 Å². The van der Waals surface area contributed by atoms with Gasteiger partial charge in [-0.3, -0.25) is 0 Å². The van der Waals surface area contributed by atoms with Crippen LogP contribution in [0.15, 0.2) is 66.8 Å². The van der Waals surface area contributed by atoms with Gasteiger partial charge in [0.25, 0.3) is 0 Å². The number of unbranched alkanes of at least 4 members (excludes halogenated alkanes) is 21. The fourth-order valence-electron chi connectivity index (χ4n) is 6.95. The summed E-state index contributed by atoms with van der Waals surface area (Å²) < 4.78 is 1.20. The first-order chi connectivity index (χ1) is 23.3. The van der Waals surface area contributed by atoms with Crippen molar-refractivity contribution >= 4 is 0 Å². The highest BCUT2D eigenvalue weighted by atomic mass is 15.3. The molecule has 0 atom stereocenters. The van der Waals surface area contributed by atoms with Crippen LogP contribution in [0, 0.1) is 0 Å². The van der Waals surface area contributed by atoms with Crippen molar-refractivity contribution in [2.24, 2.45) is 0 Å². The highest BCUT2D eigenvalue weighted by molar-refractivity contribution is 5.13. The quantitative estimate of drug-likeness (QED) is 0.0390. The molecule has 0 amide bonds. The molecule has 1 aromatic carbocycles. The van der Waals surface area contributed by atoms with E-state index in [1.165, 1.54) is 203 Å². The van der Waals surface area contributed by atoms with E-state index >= 15 is 0 Å². The Morgan fingerprint density at radius 1 is 0.362 bits per heavy atom. The third-order valence-corrected chi connectivity index (χ3v) is 10.1. The molecule has 270 valence electrons. The minimum absolute atomic E-state index is 1.16. The zero-order valence-corrected chi connectivity index (χ0v) is 32.2. The average Bonchev–Trinajstić information content (AvgIpc) is 3.09. The summed E-state index contributed by atoms with van der Waals surface area (Å²) in [5.74, 6) is 0. The lowest BCUT2D eigenvalue weighted by atomic mass is 10.1. The molecule has 0 unspecified atom stereocenters. The van der Waals surface area contributed by atoms with E-state index in [1.807, 2.05) is 0 Å². The molecule has 0 N–H and O–H groups in total. The van der Waals surface area contributed by atoms with Crippen molar-refractivity contribution in [1.82, 2.24) is 0 Å². The lowest BCUT2D eigenvalue weighted by Crippen LogP contribution is -2.49. The summed E-state index contributed by atoms with van der Waals surface area (Å²) in [4.78, 5) is 0. The van der Waals surface area contributed by atoms with Gasteiger partial charge in [-0.05, 0) is 38.5 Å². The molecule has 0 saturated carbocycles. The molecule has 0 fully saturated rings. The molecule has 0 heterocycles. The first-order valence-electron chi connectivity index (χ1n) is 21.1. The standard InChI is InChI=1S/C46H82N/c1-4-7-10-13-16-19-22-25-28-31-37-42-47(45-46-40-35-34-36-41-46,43-38-32-29-26-23-20-17-14-11-8-5-2)44-39-33-30-27-24-21-18-15-12-9-6-3/h28-36,40-41H,4-27,37-39,42-45H2,1-3H3/q+1/b31-28+,32-29+,33-30+. The molecular formula is C46H82N+. The number of hydrogen-bond donors (Lipinski definition) is 0. The summed E-state index contributed by atoms with van der Waals surface area (Å²) in [6, 6.07) is 11.4. The van der Waals surface area contributed by atoms with Gasteiger partial charge in [0.1, 0.15) is 6.54 Å². The highest BCUT2D eigenvalue weighted by Gasteiger charge is 2.25. The Kier molecular flexibility index (Phi) is 31.7. The zero-order chi connectivity index (χ0) is 33.8. The molecular weight excluding hydrogens is 567 g/mol. The summed E-state index contributed by atoms with van der Waals surface area (Å²) >= 11 is 0. The number of nitrogens with zero attached hydrogens (tertiary/aromatic N) is 1. The van der Waals surface area contributed by atoms with E-state index in [9.17, 15) is 0 Å². The maximum atomic E-state index is 2.52. The van der Waals surface area contributed by atoms with Gasteiger partial charge in [-0.2, -0.15) is 0 Å². The Hall–Kier alpha value is -1.60. The smallest absolute Gasteiger partial charge is 0.104 e. The van der Waals surface area contributed by atoms with Crippen LogP contribution >= 0.6 is 0 Å². The lowest BCUT2D eigenvalue weighted by molar-refractivity contribution is -0.940. The second-order valence-corrected chi connectivity index (χ2v) is 14.7. The maximum absolute atomic E-state index is 2.52. The predicted octanol–water partition coefficient (Wildman–Crippen LogP) is 15.3. The number of rotatable bonds is 35. The van der Waals surface area contributed by atoms with Gasteiger partial charge in [0.15, 0.2) is 0 Å². The molecule has 0 spiro atoms. The molecule has 0 saturated heterocycles. The monoisotopic (exact) mass is 649 g/mol. The van der Waals surface area contributed by atoms with Crippen molar-refractivity contribution in [2.45, 2.75) is 201 Å². The van der Waals surface area contributed by atoms with Crippen LogP contribution < -0.4 is 0 Å². The van der Waals surface area contributed by atoms with Crippen LogP contribution in [0.25, 0.3) is 0 Å². The van der Waals surface area contributed by atoms with Crippen molar-refractivity contribution in [3.05, 3.63) is 72.4 Å². The van der Waals surface area contributed by atoms with E-state index in [0.29, 0.717) is 0 Å². The predicted molar refractivity (Wildman–Crippen MR) is 214 cm³/mol. The molecule has 0 bridgehead atoms. The van der Waals surface area contributed by atoms with E-state index in [4.69, 9.17) is 0 Å². The molecule has 1 nitrogen and oxygen atoms in total. The Morgan fingerprint density at radius 3 is 1.00 bits per heavy atom. The Labute approximate surface area is 296 Å². The summed E-state index contributed by atoms with van der Waals surface area (Å²) in [5.41, 5.74) is 1.50. The number of quaternary nitrogens is 1. The van der Waals surface area contributed by atoms with Gasteiger partial charge in [0.2, 0.25) is 0 Å². The zero-order valence-electron chi connectivity index (χ0n) is 32.2. The average molecular weight is 649 g/mol. The molecule has 0 aliphatic carbocycles. The Morgan fingerprint density at radius 2 is 0.660 bits per heavy atom. The highest BCUT2D eigenvalue weighted by Crippen LogP contribution is 2.20. The number of allylic oxidation sites excluding steroid dienone is 3. The molecule has 0 radical (unpaired) electrons. The molecule has 0 aromatic heterocycles. The topological polar surface area (TPSA) is 0 Å². The van der Waals surface area contributed by atoms with Gasteiger partial charge in [-0.15, -0.1) is 0 Å². The van der Waals surface area contributed by atoms with Crippen molar-refractivity contribution < 1.29 is 4.48 Å². The molecule has 1 heteroatoms. The molecule has 1 rings (SSSR count). The SMILES string of the molecule is CCCCCCCCC/C=C/CC[N+](CC/C=C/CCCCCCCCC)(CC/C=C/CCCCCCCCC)Cc1ccccc1. The maximum Gasteiger partial charge on any atom is 0.104 e. The first-order valence-corrected chi connectivity index (χ1v) is 21.1. The van der Waals surface area contributed by atoms with E-state index in [0.717, 1.165) is 6.54 Å². The normalized spacial score (nSPS) is 12.4. The lowest BCUT2D eigenvalue weighted by Gasteiger charge is -2.39. The van der Waals surface area contributed by atoms with Crippen LogP contribution in [0.2, 0.25) is 0 Å². The largest absolute Gasteiger partial charge is 0.319 e. The van der Waals surface area contributed by atoms with E-state index in [1.54, 1.807) is 0 Å². The van der Waals surface area contributed by atoms with Gasteiger partial charge in [-0.25, -0.2) is 0 Å². The fourth-order valence-corrected chi connectivity index (χ4v) is 6.95. The fraction of sp³-hybridized carbons (Fsp3) is 0.739. The van der Waals surface area contributed by atoms with Crippen molar-refractivity contribution in [2.75, 3.05) is 19.6 Å². The Balaban J connectivity index is 2.69. The van der Waals surface area contributed by atoms with Crippen LogP contribution in [0.3, 0.4) is 0 Å². The first kappa shape index (κ1) is 43.4. The van der Waals surface area contributed by atoms with Gasteiger partial charge in [0, 0.05) is 24.8 Å².